The van der Waals surface area contributed by atoms with Crippen molar-refractivity contribution in [3.63, 3.8) is 0 Å². The number of ether oxygens (including phenoxy) is 2. The van der Waals surface area contributed by atoms with E-state index in [1.807, 2.05) is 0 Å². The van der Waals surface area contributed by atoms with Gasteiger partial charge in [0.15, 0.2) is 0 Å². The number of hydrogen-bond acceptors (Lipinski definition) is 2. The Labute approximate surface area is 146 Å². The van der Waals surface area contributed by atoms with Gasteiger partial charge in [-0.15, -0.1) is 0 Å². The van der Waals surface area contributed by atoms with Gasteiger partial charge in [0.25, 0.3) is 0 Å². The van der Waals surface area contributed by atoms with E-state index in [0.29, 0.717) is 23.9 Å². The van der Waals surface area contributed by atoms with E-state index in [1.54, 1.807) is 0 Å². The van der Waals surface area contributed by atoms with E-state index in [4.69, 9.17) is 9.47 Å². The number of aryl methyl sites for hydroxylation is 1. The van der Waals surface area contributed by atoms with E-state index in [9.17, 15) is 0 Å². The predicted octanol–water partition coefficient (Wildman–Crippen LogP) is 5.87. The monoisotopic (exact) mass is 328 g/mol. The summed E-state index contributed by atoms with van der Waals surface area (Å²) < 4.78 is 13.0. The first kappa shape index (κ1) is 16.3. The lowest BCUT2D eigenvalue weighted by molar-refractivity contribution is -0.0180. The van der Waals surface area contributed by atoms with E-state index in [1.165, 1.54) is 49.7 Å². The summed E-state index contributed by atoms with van der Waals surface area (Å²) in [5.74, 6) is 4.18. The van der Waals surface area contributed by atoms with Gasteiger partial charge in [-0.2, -0.15) is 0 Å². The number of rotatable bonds is 4. The molecule has 132 valence electrons. The van der Waals surface area contributed by atoms with Gasteiger partial charge in [0, 0.05) is 11.5 Å². The van der Waals surface area contributed by atoms with Crippen molar-refractivity contribution in [2.24, 2.45) is 11.8 Å². The summed E-state index contributed by atoms with van der Waals surface area (Å²) >= 11 is 0. The first-order valence-electron chi connectivity index (χ1n) is 10.0. The summed E-state index contributed by atoms with van der Waals surface area (Å²) in [5, 5.41) is 0. The van der Waals surface area contributed by atoms with Crippen molar-refractivity contribution in [1.82, 2.24) is 0 Å². The molecule has 0 N–H and O–H groups in total. The van der Waals surface area contributed by atoms with E-state index < -0.39 is 0 Å². The lowest BCUT2D eigenvalue weighted by Gasteiger charge is -2.48. The topological polar surface area (TPSA) is 18.5 Å². The molecule has 1 saturated carbocycles. The molecule has 4 rings (SSSR count). The highest BCUT2D eigenvalue weighted by Gasteiger charge is 2.50. The molecule has 0 spiro atoms. The molecule has 0 radical (unpaired) electrons. The van der Waals surface area contributed by atoms with Crippen molar-refractivity contribution in [2.75, 3.05) is 0 Å². The maximum Gasteiger partial charge on any atom is 0.127 e. The van der Waals surface area contributed by atoms with Crippen LogP contribution in [0.3, 0.4) is 0 Å². The van der Waals surface area contributed by atoms with Gasteiger partial charge in [-0.25, -0.2) is 0 Å². The van der Waals surface area contributed by atoms with Crippen molar-refractivity contribution >= 4 is 0 Å². The molecule has 4 atom stereocenters. The minimum atomic E-state index is -0.0600. The second-order valence-corrected chi connectivity index (χ2v) is 8.78. The summed E-state index contributed by atoms with van der Waals surface area (Å²) in [6.45, 7) is 9.11. The Bertz CT molecular complexity index is 619. The van der Waals surface area contributed by atoms with Gasteiger partial charge < -0.3 is 9.47 Å². The minimum Gasteiger partial charge on any atom is -0.490 e. The molecule has 4 unspecified atom stereocenters. The molecule has 24 heavy (non-hydrogen) atoms. The Morgan fingerprint density at radius 1 is 1.12 bits per heavy atom. The van der Waals surface area contributed by atoms with Gasteiger partial charge in [0.1, 0.15) is 17.1 Å². The molecule has 1 aromatic carbocycles. The van der Waals surface area contributed by atoms with Crippen molar-refractivity contribution in [1.29, 1.82) is 0 Å². The van der Waals surface area contributed by atoms with Crippen LogP contribution in [-0.4, -0.2) is 11.7 Å². The van der Waals surface area contributed by atoms with Gasteiger partial charge in [0.05, 0.1) is 6.10 Å². The summed E-state index contributed by atoms with van der Waals surface area (Å²) in [7, 11) is 0. The van der Waals surface area contributed by atoms with Crippen LogP contribution in [0, 0.1) is 11.8 Å². The Morgan fingerprint density at radius 3 is 2.71 bits per heavy atom. The lowest BCUT2D eigenvalue weighted by Crippen LogP contribution is -2.47. The summed E-state index contributed by atoms with van der Waals surface area (Å²) in [5.41, 5.74) is 2.71. The van der Waals surface area contributed by atoms with Gasteiger partial charge in [-0.1, -0.05) is 19.8 Å². The van der Waals surface area contributed by atoms with Crippen LogP contribution in [0.15, 0.2) is 12.1 Å². The van der Waals surface area contributed by atoms with E-state index in [0.717, 1.165) is 17.9 Å². The van der Waals surface area contributed by atoms with Crippen LogP contribution in [0.25, 0.3) is 0 Å². The van der Waals surface area contributed by atoms with Gasteiger partial charge in [0.2, 0.25) is 0 Å². The molecule has 3 aliphatic rings. The van der Waals surface area contributed by atoms with Crippen molar-refractivity contribution in [2.45, 2.75) is 90.3 Å². The van der Waals surface area contributed by atoms with Crippen LogP contribution in [0.4, 0.5) is 0 Å². The maximum atomic E-state index is 6.55. The lowest BCUT2D eigenvalue weighted by atomic mass is 9.63. The first-order valence-corrected chi connectivity index (χ1v) is 10.0. The van der Waals surface area contributed by atoms with Crippen molar-refractivity contribution in [3.05, 3.63) is 23.3 Å². The number of unbranched alkanes of at least 4 members (excludes halogenated alkanes) is 2. The fourth-order valence-electron chi connectivity index (χ4n) is 5.36. The molecular formula is C22H32O2. The average molecular weight is 328 g/mol. The second kappa shape index (κ2) is 5.97. The van der Waals surface area contributed by atoms with Crippen molar-refractivity contribution in [3.8, 4) is 11.5 Å². The highest BCUT2D eigenvalue weighted by atomic mass is 16.5. The largest absolute Gasteiger partial charge is 0.490 e. The molecule has 1 aliphatic carbocycles. The highest BCUT2D eigenvalue weighted by molar-refractivity contribution is 5.53. The van der Waals surface area contributed by atoms with Crippen LogP contribution in [0.2, 0.25) is 0 Å². The zero-order valence-corrected chi connectivity index (χ0v) is 15.7. The zero-order chi connectivity index (χ0) is 16.9. The van der Waals surface area contributed by atoms with Gasteiger partial charge in [-0.3, -0.25) is 0 Å². The number of fused-ring (bicyclic) bond motifs is 1. The third-order valence-electron chi connectivity index (χ3n) is 6.74. The normalized spacial score (nSPS) is 32.5. The molecule has 1 aromatic rings. The molecule has 0 amide bonds. The Kier molecular flexibility index (Phi) is 4.05. The smallest absolute Gasteiger partial charge is 0.127 e. The van der Waals surface area contributed by atoms with Crippen LogP contribution >= 0.6 is 0 Å². The first-order chi connectivity index (χ1) is 11.5. The Balaban J connectivity index is 1.76. The van der Waals surface area contributed by atoms with Gasteiger partial charge >= 0.3 is 0 Å². The molecule has 2 aliphatic heterocycles. The molecular weight excluding hydrogens is 296 g/mol. The van der Waals surface area contributed by atoms with Crippen molar-refractivity contribution < 1.29 is 9.47 Å². The van der Waals surface area contributed by atoms with Crippen LogP contribution in [0.5, 0.6) is 11.5 Å². The fourth-order valence-corrected chi connectivity index (χ4v) is 5.36. The molecule has 0 saturated heterocycles. The van der Waals surface area contributed by atoms with E-state index in [2.05, 4.69) is 39.8 Å². The van der Waals surface area contributed by atoms with E-state index in [-0.39, 0.29) is 5.60 Å². The average Bonchev–Trinajstić information content (AvgIpc) is 2.63. The molecule has 2 heteroatoms. The summed E-state index contributed by atoms with van der Waals surface area (Å²) in [6.07, 6.45) is 9.09. The summed E-state index contributed by atoms with van der Waals surface area (Å²) in [6, 6.07) is 4.64. The standard InChI is InChI=1S/C22H32O2/c1-5-6-7-8-15-11-19-21-17-13-16(14(2)23-19)9-10-18(17)22(3,4)24-20(21)12-15/h11-12,14,16-18H,5-10,13H2,1-4H3. The minimum absolute atomic E-state index is 0.0600. The third-order valence-corrected chi connectivity index (χ3v) is 6.74. The molecule has 1 fully saturated rings. The van der Waals surface area contributed by atoms with Crippen LogP contribution < -0.4 is 9.47 Å². The SMILES string of the molecule is CCCCCc1cc2c3c(c1)OC(C)(C)C1CCC(CC31)C(C)O2. The molecule has 2 bridgehead atoms. The quantitative estimate of drug-likeness (QED) is 0.643. The molecule has 0 aromatic heterocycles. The molecule has 2 heterocycles. The van der Waals surface area contributed by atoms with E-state index >= 15 is 0 Å². The number of hydrogen-bond donors (Lipinski definition) is 0. The maximum absolute atomic E-state index is 6.55. The molecule has 2 nitrogen and oxygen atoms in total. The summed E-state index contributed by atoms with van der Waals surface area (Å²) in [4.78, 5) is 0. The van der Waals surface area contributed by atoms with Crippen LogP contribution in [-0.2, 0) is 6.42 Å². The zero-order valence-electron chi connectivity index (χ0n) is 15.7. The Hall–Kier alpha value is -1.18. The predicted molar refractivity (Wildman–Crippen MR) is 98.0 cm³/mol. The van der Waals surface area contributed by atoms with Gasteiger partial charge in [-0.05, 0) is 82.4 Å². The van der Waals surface area contributed by atoms with Crippen LogP contribution in [0.1, 0.15) is 83.3 Å². The Morgan fingerprint density at radius 2 is 1.92 bits per heavy atom. The second-order valence-electron chi connectivity index (χ2n) is 8.78. The third kappa shape index (κ3) is 2.62. The highest BCUT2D eigenvalue weighted by Crippen LogP contribution is 2.58. The number of benzene rings is 1. The fraction of sp³-hybridized carbons (Fsp3) is 0.727.